The van der Waals surface area contributed by atoms with Crippen molar-refractivity contribution >= 4 is 15.9 Å². The van der Waals surface area contributed by atoms with Gasteiger partial charge in [0.2, 0.25) is 0 Å². The Morgan fingerprint density at radius 1 is 1.24 bits per heavy atom. The fraction of sp³-hybridized carbons (Fsp3) is 0.333. The number of aromatic hydroxyl groups is 1. The summed E-state index contributed by atoms with van der Waals surface area (Å²) in [4.78, 5) is 0. The molecule has 0 amide bonds. The summed E-state index contributed by atoms with van der Waals surface area (Å²) in [6.45, 7) is 2.20. The highest BCUT2D eigenvalue weighted by atomic mass is 79.9. The highest BCUT2D eigenvalue weighted by Gasteiger charge is 2.22. The molecule has 0 saturated carbocycles. The number of hydrogen-bond acceptors (Lipinski definition) is 2. The second-order valence-electron chi connectivity index (χ2n) is 5.74. The van der Waals surface area contributed by atoms with Crippen LogP contribution in [0.1, 0.15) is 48.5 Å². The van der Waals surface area contributed by atoms with Gasteiger partial charge in [0.1, 0.15) is 5.75 Å². The van der Waals surface area contributed by atoms with Gasteiger partial charge in [0.15, 0.2) is 0 Å². The zero-order valence-electron chi connectivity index (χ0n) is 12.1. The van der Waals surface area contributed by atoms with Gasteiger partial charge in [0, 0.05) is 16.6 Å². The molecule has 3 rings (SSSR count). The van der Waals surface area contributed by atoms with Crippen LogP contribution in [-0.4, -0.2) is 5.11 Å². The minimum atomic E-state index is 0.283. The van der Waals surface area contributed by atoms with E-state index in [2.05, 4.69) is 52.4 Å². The summed E-state index contributed by atoms with van der Waals surface area (Å²) in [5.74, 6) is 0.369. The first kappa shape index (κ1) is 14.6. The number of aryl methyl sites for hydroxylation is 1. The Bertz CT molecular complexity index is 641. The van der Waals surface area contributed by atoms with Crippen molar-refractivity contribution in [3.05, 3.63) is 63.6 Å². The highest BCUT2D eigenvalue weighted by molar-refractivity contribution is 9.10. The molecular formula is C18H20BrNO. The van der Waals surface area contributed by atoms with E-state index < -0.39 is 0 Å². The molecule has 0 radical (unpaired) electrons. The molecule has 0 heterocycles. The molecule has 0 fully saturated rings. The van der Waals surface area contributed by atoms with Crippen molar-refractivity contribution in [1.82, 2.24) is 5.32 Å². The molecule has 0 bridgehead atoms. The molecule has 0 spiro atoms. The molecular weight excluding hydrogens is 326 g/mol. The minimum Gasteiger partial charge on any atom is -0.508 e. The van der Waals surface area contributed by atoms with Gasteiger partial charge in [-0.25, -0.2) is 0 Å². The quantitative estimate of drug-likeness (QED) is 0.830. The second-order valence-corrected chi connectivity index (χ2v) is 6.59. The summed E-state index contributed by atoms with van der Waals surface area (Å²) >= 11 is 3.63. The third-order valence-corrected chi connectivity index (χ3v) is 4.99. The molecule has 1 unspecified atom stereocenters. The van der Waals surface area contributed by atoms with Crippen molar-refractivity contribution in [2.75, 3.05) is 0 Å². The lowest BCUT2D eigenvalue weighted by Gasteiger charge is -2.30. The average molecular weight is 346 g/mol. The smallest absolute Gasteiger partial charge is 0.115 e. The summed E-state index contributed by atoms with van der Waals surface area (Å²) in [7, 11) is 0. The Morgan fingerprint density at radius 3 is 2.86 bits per heavy atom. The molecule has 2 nitrogen and oxygen atoms in total. The van der Waals surface area contributed by atoms with Crippen molar-refractivity contribution < 1.29 is 5.11 Å². The lowest BCUT2D eigenvalue weighted by atomic mass is 9.87. The van der Waals surface area contributed by atoms with E-state index in [0.717, 1.165) is 23.7 Å². The van der Waals surface area contributed by atoms with Crippen LogP contribution in [0.2, 0.25) is 0 Å². The van der Waals surface area contributed by atoms with E-state index in [9.17, 15) is 5.11 Å². The molecule has 0 aliphatic heterocycles. The molecule has 0 saturated heterocycles. The molecule has 3 heteroatoms. The first-order valence-electron chi connectivity index (χ1n) is 7.47. The van der Waals surface area contributed by atoms with Crippen LogP contribution in [0.5, 0.6) is 5.75 Å². The SMILES string of the molecule is C[C@@H](NC1CCCc2cc(O)ccc21)c1ccccc1Br. The third kappa shape index (κ3) is 3.14. The van der Waals surface area contributed by atoms with Gasteiger partial charge in [0.25, 0.3) is 0 Å². The first-order chi connectivity index (χ1) is 10.1. The molecule has 0 aromatic heterocycles. The van der Waals surface area contributed by atoms with Crippen LogP contribution in [0.3, 0.4) is 0 Å². The maximum absolute atomic E-state index is 9.64. The zero-order valence-corrected chi connectivity index (χ0v) is 13.7. The number of phenols is 1. The van der Waals surface area contributed by atoms with Gasteiger partial charge in [-0.05, 0) is 61.1 Å². The lowest BCUT2D eigenvalue weighted by Crippen LogP contribution is -2.28. The molecule has 2 atom stereocenters. The van der Waals surface area contributed by atoms with Crippen LogP contribution in [0.25, 0.3) is 0 Å². The van der Waals surface area contributed by atoms with Crippen LogP contribution < -0.4 is 5.32 Å². The largest absolute Gasteiger partial charge is 0.508 e. The molecule has 1 aliphatic rings. The van der Waals surface area contributed by atoms with E-state index in [-0.39, 0.29) is 6.04 Å². The van der Waals surface area contributed by atoms with Gasteiger partial charge in [-0.3, -0.25) is 0 Å². The number of nitrogens with one attached hydrogen (secondary N) is 1. The molecule has 2 N–H and O–H groups in total. The summed E-state index contributed by atoms with van der Waals surface area (Å²) < 4.78 is 1.15. The molecule has 1 aliphatic carbocycles. The topological polar surface area (TPSA) is 32.3 Å². The van der Waals surface area contributed by atoms with Crippen LogP contribution in [-0.2, 0) is 6.42 Å². The maximum atomic E-state index is 9.64. The second kappa shape index (κ2) is 6.20. The number of halogens is 1. The van der Waals surface area contributed by atoms with Crippen LogP contribution in [0.4, 0.5) is 0 Å². The number of hydrogen-bond donors (Lipinski definition) is 2. The van der Waals surface area contributed by atoms with Crippen molar-refractivity contribution in [3.63, 3.8) is 0 Å². The summed E-state index contributed by atoms with van der Waals surface area (Å²) in [6, 6.07) is 14.8. The Labute approximate surface area is 134 Å². The molecule has 2 aromatic rings. The molecule has 2 aromatic carbocycles. The lowest BCUT2D eigenvalue weighted by molar-refractivity contribution is 0.412. The zero-order chi connectivity index (χ0) is 14.8. The fourth-order valence-corrected chi connectivity index (χ4v) is 3.82. The average Bonchev–Trinajstić information content (AvgIpc) is 2.47. The van der Waals surface area contributed by atoms with Crippen molar-refractivity contribution in [2.24, 2.45) is 0 Å². The number of benzene rings is 2. The Kier molecular flexibility index (Phi) is 4.32. The van der Waals surface area contributed by atoms with Crippen LogP contribution >= 0.6 is 15.9 Å². The highest BCUT2D eigenvalue weighted by Crippen LogP contribution is 2.34. The predicted molar refractivity (Wildman–Crippen MR) is 89.5 cm³/mol. The first-order valence-corrected chi connectivity index (χ1v) is 8.26. The fourth-order valence-electron chi connectivity index (χ4n) is 3.19. The minimum absolute atomic E-state index is 0.283. The Morgan fingerprint density at radius 2 is 2.05 bits per heavy atom. The number of phenolic OH excluding ortho intramolecular Hbond substituents is 1. The third-order valence-electron chi connectivity index (χ3n) is 4.26. The van der Waals surface area contributed by atoms with E-state index in [4.69, 9.17) is 0 Å². The molecule has 110 valence electrons. The number of fused-ring (bicyclic) bond motifs is 1. The summed E-state index contributed by atoms with van der Waals surface area (Å²) in [6.07, 6.45) is 3.37. The maximum Gasteiger partial charge on any atom is 0.115 e. The van der Waals surface area contributed by atoms with Gasteiger partial charge in [-0.2, -0.15) is 0 Å². The van der Waals surface area contributed by atoms with Crippen LogP contribution in [0.15, 0.2) is 46.9 Å². The standard InChI is InChI=1S/C18H20BrNO/c1-12(15-6-2-3-7-17(15)19)20-18-8-4-5-13-11-14(21)9-10-16(13)18/h2-3,6-7,9-12,18,20-21H,4-5,8H2,1H3/t12-,18?/m1/s1. The Balaban J connectivity index is 1.82. The van der Waals surface area contributed by atoms with Gasteiger partial charge in [0.05, 0.1) is 0 Å². The van der Waals surface area contributed by atoms with Crippen molar-refractivity contribution in [3.8, 4) is 5.75 Å². The summed E-state index contributed by atoms with van der Waals surface area (Å²) in [5, 5.41) is 13.4. The van der Waals surface area contributed by atoms with E-state index >= 15 is 0 Å². The van der Waals surface area contributed by atoms with Crippen molar-refractivity contribution in [1.29, 1.82) is 0 Å². The van der Waals surface area contributed by atoms with E-state index in [1.165, 1.54) is 16.7 Å². The number of rotatable bonds is 3. The van der Waals surface area contributed by atoms with Crippen molar-refractivity contribution in [2.45, 2.75) is 38.3 Å². The van der Waals surface area contributed by atoms with Gasteiger partial charge < -0.3 is 10.4 Å². The monoisotopic (exact) mass is 345 g/mol. The van der Waals surface area contributed by atoms with E-state index in [1.54, 1.807) is 6.07 Å². The molecule has 21 heavy (non-hydrogen) atoms. The van der Waals surface area contributed by atoms with Crippen LogP contribution in [0, 0.1) is 0 Å². The Hall–Kier alpha value is -1.32. The van der Waals surface area contributed by atoms with Gasteiger partial charge >= 0.3 is 0 Å². The van der Waals surface area contributed by atoms with Gasteiger partial charge in [-0.15, -0.1) is 0 Å². The summed E-state index contributed by atoms with van der Waals surface area (Å²) in [5.41, 5.74) is 3.89. The van der Waals surface area contributed by atoms with E-state index in [1.807, 2.05) is 12.1 Å². The van der Waals surface area contributed by atoms with E-state index in [0.29, 0.717) is 11.8 Å². The predicted octanol–water partition coefficient (Wildman–Crippen LogP) is 4.88. The normalized spacial score (nSPS) is 19.0. The van der Waals surface area contributed by atoms with Gasteiger partial charge in [-0.1, -0.05) is 40.2 Å².